The molecule has 1 N–H and O–H groups in total. The zero-order valence-electron chi connectivity index (χ0n) is 12.0. The second-order valence-corrected chi connectivity index (χ2v) is 5.73. The van der Waals surface area contributed by atoms with Crippen LogP contribution in [-0.2, 0) is 13.0 Å². The van der Waals surface area contributed by atoms with Gasteiger partial charge in [0, 0.05) is 19.1 Å². The molecule has 2 aliphatic heterocycles. The Balaban J connectivity index is 0.000001000. The predicted molar refractivity (Wildman–Crippen MR) is 90.2 cm³/mol. The van der Waals surface area contributed by atoms with Gasteiger partial charge in [0.05, 0.1) is 0 Å². The van der Waals surface area contributed by atoms with Crippen LogP contribution in [0.25, 0.3) is 0 Å². The fraction of sp³-hybridized carbons (Fsp3) is 0.625. The van der Waals surface area contributed by atoms with E-state index in [1.54, 1.807) is 11.1 Å². The van der Waals surface area contributed by atoms with Crippen molar-refractivity contribution >= 4 is 24.8 Å². The van der Waals surface area contributed by atoms with Gasteiger partial charge in [-0.05, 0) is 49.9 Å². The summed E-state index contributed by atoms with van der Waals surface area (Å²) in [6.07, 6.45) is 6.72. The second-order valence-electron chi connectivity index (χ2n) is 5.73. The first-order valence-electron chi connectivity index (χ1n) is 7.44. The lowest BCUT2D eigenvalue weighted by Gasteiger charge is -2.31. The van der Waals surface area contributed by atoms with Gasteiger partial charge in [-0.25, -0.2) is 0 Å². The van der Waals surface area contributed by atoms with E-state index in [0.717, 1.165) is 12.6 Å². The lowest BCUT2D eigenvalue weighted by atomic mass is 9.98. The maximum absolute atomic E-state index is 3.65. The van der Waals surface area contributed by atoms with Gasteiger partial charge >= 0.3 is 0 Å². The average molecular weight is 317 g/mol. The summed E-state index contributed by atoms with van der Waals surface area (Å²) in [5.74, 6) is 0. The molecule has 2 nitrogen and oxygen atoms in total. The summed E-state index contributed by atoms with van der Waals surface area (Å²) in [6.45, 7) is 4.88. The van der Waals surface area contributed by atoms with E-state index in [-0.39, 0.29) is 24.8 Å². The van der Waals surface area contributed by atoms with Crippen molar-refractivity contribution in [1.82, 2.24) is 10.2 Å². The Morgan fingerprint density at radius 2 is 1.90 bits per heavy atom. The van der Waals surface area contributed by atoms with Crippen LogP contribution in [0, 0.1) is 0 Å². The summed E-state index contributed by atoms with van der Waals surface area (Å²) < 4.78 is 0. The zero-order valence-corrected chi connectivity index (χ0v) is 13.6. The molecule has 3 rings (SSSR count). The number of benzene rings is 1. The number of hydrogen-bond donors (Lipinski definition) is 1. The SMILES string of the molecule is Cl.Cl.c1ccc2c(c1)CCN(CCC1CCCCN1)C2. The van der Waals surface area contributed by atoms with Gasteiger partial charge in [-0.15, -0.1) is 24.8 Å². The third-order valence-corrected chi connectivity index (χ3v) is 4.42. The molecule has 1 unspecified atom stereocenters. The van der Waals surface area contributed by atoms with E-state index in [2.05, 4.69) is 34.5 Å². The Hall–Kier alpha value is -0.280. The molecule has 0 saturated carbocycles. The molecule has 1 saturated heterocycles. The number of hydrogen-bond acceptors (Lipinski definition) is 2. The van der Waals surface area contributed by atoms with E-state index < -0.39 is 0 Å². The van der Waals surface area contributed by atoms with Crippen molar-refractivity contribution in [3.63, 3.8) is 0 Å². The van der Waals surface area contributed by atoms with E-state index >= 15 is 0 Å². The first-order valence-corrected chi connectivity index (χ1v) is 7.44. The van der Waals surface area contributed by atoms with Crippen LogP contribution in [0.1, 0.15) is 36.8 Å². The molecular weight excluding hydrogens is 291 g/mol. The minimum Gasteiger partial charge on any atom is -0.314 e. The van der Waals surface area contributed by atoms with Crippen molar-refractivity contribution in [3.8, 4) is 0 Å². The molecule has 4 heteroatoms. The van der Waals surface area contributed by atoms with Crippen LogP contribution in [0.2, 0.25) is 0 Å². The highest BCUT2D eigenvalue weighted by Gasteiger charge is 2.18. The van der Waals surface area contributed by atoms with Crippen molar-refractivity contribution in [2.24, 2.45) is 0 Å². The zero-order chi connectivity index (χ0) is 12.2. The van der Waals surface area contributed by atoms with Crippen molar-refractivity contribution in [3.05, 3.63) is 35.4 Å². The molecular formula is C16H26Cl2N2. The molecule has 20 heavy (non-hydrogen) atoms. The largest absolute Gasteiger partial charge is 0.314 e. The molecule has 1 fully saturated rings. The van der Waals surface area contributed by atoms with Crippen LogP contribution in [-0.4, -0.2) is 30.6 Å². The molecule has 0 aliphatic carbocycles. The third kappa shape index (κ3) is 4.63. The standard InChI is InChI=1S/C16H24N2.2ClH/c1-2-6-15-13-18(11-8-14(15)5-1)12-9-16-7-3-4-10-17-16;;/h1-2,5-6,16-17H,3-4,7-13H2;2*1H. The van der Waals surface area contributed by atoms with E-state index in [1.807, 2.05) is 0 Å². The topological polar surface area (TPSA) is 15.3 Å². The number of nitrogens with zero attached hydrogens (tertiary/aromatic N) is 1. The third-order valence-electron chi connectivity index (χ3n) is 4.42. The average Bonchev–Trinajstić information content (AvgIpc) is 2.46. The van der Waals surface area contributed by atoms with Crippen molar-refractivity contribution in [2.45, 2.75) is 44.7 Å². The van der Waals surface area contributed by atoms with Crippen LogP contribution in [0.3, 0.4) is 0 Å². The summed E-state index contributed by atoms with van der Waals surface area (Å²) in [7, 11) is 0. The molecule has 0 aromatic heterocycles. The van der Waals surface area contributed by atoms with Crippen LogP contribution < -0.4 is 5.32 Å². The number of rotatable bonds is 3. The highest BCUT2D eigenvalue weighted by atomic mass is 35.5. The fourth-order valence-electron chi connectivity index (χ4n) is 3.25. The molecule has 0 radical (unpaired) electrons. The van der Waals surface area contributed by atoms with Crippen LogP contribution in [0.4, 0.5) is 0 Å². The predicted octanol–water partition coefficient (Wildman–Crippen LogP) is 3.42. The summed E-state index contributed by atoms with van der Waals surface area (Å²) in [6, 6.07) is 9.69. The fourth-order valence-corrected chi connectivity index (χ4v) is 3.25. The first kappa shape index (κ1) is 17.8. The Morgan fingerprint density at radius 3 is 2.65 bits per heavy atom. The lowest BCUT2D eigenvalue weighted by molar-refractivity contribution is 0.230. The quantitative estimate of drug-likeness (QED) is 0.919. The summed E-state index contributed by atoms with van der Waals surface area (Å²) in [4.78, 5) is 2.62. The highest BCUT2D eigenvalue weighted by Crippen LogP contribution is 2.19. The van der Waals surface area contributed by atoms with Gasteiger partial charge < -0.3 is 5.32 Å². The number of piperidine rings is 1. The molecule has 1 aromatic rings. The number of halogens is 2. The van der Waals surface area contributed by atoms with E-state index in [4.69, 9.17) is 0 Å². The van der Waals surface area contributed by atoms with Gasteiger partial charge in [0.1, 0.15) is 0 Å². The molecule has 1 atom stereocenters. The smallest absolute Gasteiger partial charge is 0.0236 e. The summed E-state index contributed by atoms with van der Waals surface area (Å²) >= 11 is 0. The molecule has 0 amide bonds. The normalized spacial score (nSPS) is 22.3. The van der Waals surface area contributed by atoms with Crippen molar-refractivity contribution in [2.75, 3.05) is 19.6 Å². The van der Waals surface area contributed by atoms with E-state index in [9.17, 15) is 0 Å². The number of fused-ring (bicyclic) bond motifs is 1. The Labute approximate surface area is 135 Å². The highest BCUT2D eigenvalue weighted by molar-refractivity contribution is 5.85. The van der Waals surface area contributed by atoms with Crippen LogP contribution in [0.5, 0.6) is 0 Å². The van der Waals surface area contributed by atoms with Gasteiger partial charge in [0.15, 0.2) is 0 Å². The Bertz CT molecular complexity index is 392. The summed E-state index contributed by atoms with van der Waals surface area (Å²) in [5, 5.41) is 3.65. The minimum absolute atomic E-state index is 0. The van der Waals surface area contributed by atoms with Gasteiger partial charge in [-0.3, -0.25) is 4.90 Å². The lowest BCUT2D eigenvalue weighted by Crippen LogP contribution is -2.38. The monoisotopic (exact) mass is 316 g/mol. The molecule has 2 heterocycles. The van der Waals surface area contributed by atoms with Gasteiger partial charge in [0.2, 0.25) is 0 Å². The molecule has 114 valence electrons. The number of nitrogens with one attached hydrogen (secondary N) is 1. The maximum atomic E-state index is 3.65. The van der Waals surface area contributed by atoms with Gasteiger partial charge in [-0.2, -0.15) is 0 Å². The Morgan fingerprint density at radius 1 is 1.10 bits per heavy atom. The van der Waals surface area contributed by atoms with E-state index in [0.29, 0.717) is 0 Å². The van der Waals surface area contributed by atoms with Gasteiger partial charge in [0.25, 0.3) is 0 Å². The van der Waals surface area contributed by atoms with Crippen LogP contribution in [0.15, 0.2) is 24.3 Å². The second kappa shape index (κ2) is 8.89. The van der Waals surface area contributed by atoms with Crippen molar-refractivity contribution < 1.29 is 0 Å². The molecule has 1 aromatic carbocycles. The maximum Gasteiger partial charge on any atom is 0.0236 e. The molecule has 0 spiro atoms. The Kier molecular flexibility index (Phi) is 7.90. The first-order chi connectivity index (χ1) is 8.92. The van der Waals surface area contributed by atoms with Crippen LogP contribution >= 0.6 is 24.8 Å². The molecule has 0 bridgehead atoms. The van der Waals surface area contributed by atoms with E-state index in [1.165, 1.54) is 51.7 Å². The minimum atomic E-state index is 0. The summed E-state index contributed by atoms with van der Waals surface area (Å²) in [5.41, 5.74) is 3.10. The molecule has 2 aliphatic rings. The van der Waals surface area contributed by atoms with Crippen molar-refractivity contribution in [1.29, 1.82) is 0 Å². The van der Waals surface area contributed by atoms with Gasteiger partial charge in [-0.1, -0.05) is 30.7 Å².